The molecule has 92 valence electrons. The molecule has 0 aromatic heterocycles. The van der Waals surface area contributed by atoms with Crippen LogP contribution in [-0.2, 0) is 9.53 Å². The van der Waals surface area contributed by atoms with Crippen molar-refractivity contribution in [3.63, 3.8) is 0 Å². The van der Waals surface area contributed by atoms with Gasteiger partial charge < -0.3 is 4.74 Å². The molecule has 0 heterocycles. The number of Topliss-reactive ketones (excluding diaryl/α,β-unsaturated/α-hetero) is 1. The van der Waals surface area contributed by atoms with Crippen LogP contribution >= 0.6 is 0 Å². The molecule has 0 saturated heterocycles. The number of carbonyl (C=O) groups is 1. The lowest BCUT2D eigenvalue weighted by Crippen LogP contribution is -2.56. The fraction of sp³-hybridized carbons (Fsp3) is 0.929. The first-order valence-corrected chi connectivity index (χ1v) is 6.94. The summed E-state index contributed by atoms with van der Waals surface area (Å²) >= 11 is 0. The van der Waals surface area contributed by atoms with E-state index >= 15 is 0 Å². The minimum atomic E-state index is -0.0372. The molecule has 16 heavy (non-hydrogen) atoms. The maximum absolute atomic E-state index is 11.8. The maximum Gasteiger partial charge on any atom is 0.144 e. The summed E-state index contributed by atoms with van der Waals surface area (Å²) in [5, 5.41) is 0. The Morgan fingerprint density at radius 2 is 2.00 bits per heavy atom. The number of carbonyl (C=O) groups excluding carboxylic acids is 1. The zero-order valence-corrected chi connectivity index (χ0v) is 10.5. The van der Waals surface area contributed by atoms with Gasteiger partial charge >= 0.3 is 0 Å². The van der Waals surface area contributed by atoms with Crippen LogP contribution in [0.25, 0.3) is 0 Å². The van der Waals surface area contributed by atoms with E-state index in [-0.39, 0.29) is 11.5 Å². The molecular weight excluding hydrogens is 200 g/mol. The summed E-state index contributed by atoms with van der Waals surface area (Å²) in [5.41, 5.74) is -0.0372. The lowest BCUT2D eigenvalue weighted by Gasteiger charge is -2.49. The molecule has 1 unspecified atom stereocenters. The second kappa shape index (κ2) is 5.31. The van der Waals surface area contributed by atoms with Crippen LogP contribution in [0.15, 0.2) is 0 Å². The van der Waals surface area contributed by atoms with Gasteiger partial charge in [0.2, 0.25) is 0 Å². The first kappa shape index (κ1) is 12.1. The van der Waals surface area contributed by atoms with E-state index in [0.29, 0.717) is 12.2 Å². The summed E-state index contributed by atoms with van der Waals surface area (Å²) in [5.74, 6) is 0.479. The van der Waals surface area contributed by atoms with Crippen LogP contribution in [0.1, 0.15) is 64.7 Å². The monoisotopic (exact) mass is 224 g/mol. The predicted octanol–water partition coefficient (Wildman–Crippen LogP) is 3.49. The zero-order valence-electron chi connectivity index (χ0n) is 10.5. The average Bonchev–Trinajstić information content (AvgIpc) is 2.34. The van der Waals surface area contributed by atoms with Crippen LogP contribution in [-0.4, -0.2) is 18.5 Å². The number of rotatable bonds is 5. The molecule has 2 heteroatoms. The Hall–Kier alpha value is -0.370. The second-order valence-electron chi connectivity index (χ2n) is 5.41. The number of hydrogen-bond donors (Lipinski definition) is 0. The molecule has 0 aliphatic heterocycles. The Labute approximate surface area is 98.7 Å². The van der Waals surface area contributed by atoms with E-state index in [4.69, 9.17) is 4.74 Å². The van der Waals surface area contributed by atoms with E-state index in [1.807, 2.05) is 0 Å². The molecule has 0 amide bonds. The molecule has 1 spiro atoms. The van der Waals surface area contributed by atoms with Crippen molar-refractivity contribution < 1.29 is 9.53 Å². The highest BCUT2D eigenvalue weighted by atomic mass is 16.5. The first-order valence-electron chi connectivity index (χ1n) is 6.94. The van der Waals surface area contributed by atoms with Crippen molar-refractivity contribution in [1.29, 1.82) is 0 Å². The Morgan fingerprint density at radius 1 is 1.25 bits per heavy atom. The maximum atomic E-state index is 11.8. The molecule has 2 aliphatic rings. The molecule has 0 radical (unpaired) electrons. The molecule has 0 aromatic rings. The molecule has 2 saturated carbocycles. The fourth-order valence-electron chi connectivity index (χ4n) is 3.20. The summed E-state index contributed by atoms with van der Waals surface area (Å²) < 4.78 is 5.92. The SMILES string of the molecule is CCCCCOC1CC(=O)C12CCCCC2. The van der Waals surface area contributed by atoms with Crippen molar-refractivity contribution in [3.05, 3.63) is 0 Å². The first-order chi connectivity index (χ1) is 7.79. The van der Waals surface area contributed by atoms with Crippen molar-refractivity contribution in [2.75, 3.05) is 6.61 Å². The van der Waals surface area contributed by atoms with Crippen LogP contribution in [0.5, 0.6) is 0 Å². The topological polar surface area (TPSA) is 26.3 Å². The summed E-state index contributed by atoms with van der Waals surface area (Å²) in [7, 11) is 0. The quantitative estimate of drug-likeness (QED) is 0.668. The Morgan fingerprint density at radius 3 is 2.62 bits per heavy atom. The molecule has 1 atom stereocenters. The summed E-state index contributed by atoms with van der Waals surface area (Å²) in [6.45, 7) is 3.06. The standard InChI is InChI=1S/C14H24O2/c1-2-3-7-10-16-13-11-12(15)14(13)8-5-4-6-9-14/h13H,2-11H2,1H3. The molecule has 2 rings (SSSR count). The Bertz CT molecular complexity index is 241. The second-order valence-corrected chi connectivity index (χ2v) is 5.41. The molecule has 2 fully saturated rings. The van der Waals surface area contributed by atoms with Crippen LogP contribution in [0, 0.1) is 5.41 Å². The van der Waals surface area contributed by atoms with E-state index < -0.39 is 0 Å². The summed E-state index contributed by atoms with van der Waals surface area (Å²) in [4.78, 5) is 11.8. The largest absolute Gasteiger partial charge is 0.377 e. The third-order valence-electron chi connectivity index (χ3n) is 4.36. The number of unbranched alkanes of at least 4 members (excludes halogenated alkanes) is 2. The smallest absolute Gasteiger partial charge is 0.144 e. The van der Waals surface area contributed by atoms with Crippen molar-refractivity contribution in [2.45, 2.75) is 70.8 Å². The van der Waals surface area contributed by atoms with Gasteiger partial charge in [-0.25, -0.2) is 0 Å². The van der Waals surface area contributed by atoms with Crippen molar-refractivity contribution in [2.24, 2.45) is 5.41 Å². The van der Waals surface area contributed by atoms with Crippen LogP contribution in [0.4, 0.5) is 0 Å². The van der Waals surface area contributed by atoms with Crippen LogP contribution in [0.3, 0.4) is 0 Å². The van der Waals surface area contributed by atoms with E-state index in [2.05, 4.69) is 6.92 Å². The van der Waals surface area contributed by atoms with Crippen molar-refractivity contribution in [1.82, 2.24) is 0 Å². The van der Waals surface area contributed by atoms with Crippen molar-refractivity contribution in [3.8, 4) is 0 Å². The van der Waals surface area contributed by atoms with Gasteiger partial charge in [-0.15, -0.1) is 0 Å². The highest BCUT2D eigenvalue weighted by Gasteiger charge is 2.55. The fourth-order valence-corrected chi connectivity index (χ4v) is 3.20. The normalized spacial score (nSPS) is 28.1. The molecule has 2 aliphatic carbocycles. The van der Waals surface area contributed by atoms with Gasteiger partial charge in [-0.3, -0.25) is 4.79 Å². The lowest BCUT2D eigenvalue weighted by molar-refractivity contribution is -0.169. The van der Waals surface area contributed by atoms with Crippen LogP contribution < -0.4 is 0 Å². The lowest BCUT2D eigenvalue weighted by atomic mass is 9.57. The van der Waals surface area contributed by atoms with Gasteiger partial charge in [0.05, 0.1) is 11.5 Å². The summed E-state index contributed by atoms with van der Waals surface area (Å²) in [6.07, 6.45) is 10.5. The predicted molar refractivity (Wildman–Crippen MR) is 64.4 cm³/mol. The zero-order chi connectivity index (χ0) is 11.4. The third kappa shape index (κ3) is 2.17. The van der Waals surface area contributed by atoms with Gasteiger partial charge in [0.15, 0.2) is 0 Å². The van der Waals surface area contributed by atoms with Crippen molar-refractivity contribution >= 4 is 5.78 Å². The summed E-state index contributed by atoms with van der Waals surface area (Å²) in [6, 6.07) is 0. The van der Waals surface area contributed by atoms with Gasteiger partial charge in [-0.1, -0.05) is 39.0 Å². The van der Waals surface area contributed by atoms with Gasteiger partial charge in [-0.2, -0.15) is 0 Å². The molecule has 0 bridgehead atoms. The van der Waals surface area contributed by atoms with E-state index in [9.17, 15) is 4.79 Å². The van der Waals surface area contributed by atoms with E-state index in [0.717, 1.165) is 25.9 Å². The highest BCUT2D eigenvalue weighted by Crippen LogP contribution is 2.50. The molecule has 0 N–H and O–H groups in total. The average molecular weight is 224 g/mol. The van der Waals surface area contributed by atoms with Gasteiger partial charge in [0.25, 0.3) is 0 Å². The Kier molecular flexibility index (Phi) is 4.01. The van der Waals surface area contributed by atoms with Crippen LogP contribution in [0.2, 0.25) is 0 Å². The Balaban J connectivity index is 1.79. The van der Waals surface area contributed by atoms with E-state index in [1.54, 1.807) is 0 Å². The minimum Gasteiger partial charge on any atom is -0.377 e. The highest BCUT2D eigenvalue weighted by molar-refractivity contribution is 5.92. The number of ether oxygens (including phenoxy) is 1. The molecular formula is C14H24O2. The number of ketones is 1. The van der Waals surface area contributed by atoms with Gasteiger partial charge in [0, 0.05) is 13.0 Å². The third-order valence-corrected chi connectivity index (χ3v) is 4.36. The molecule has 2 nitrogen and oxygen atoms in total. The van der Waals surface area contributed by atoms with Gasteiger partial charge in [-0.05, 0) is 19.3 Å². The van der Waals surface area contributed by atoms with E-state index in [1.165, 1.54) is 32.1 Å². The number of hydrogen-bond acceptors (Lipinski definition) is 2. The minimum absolute atomic E-state index is 0.0372. The van der Waals surface area contributed by atoms with Gasteiger partial charge in [0.1, 0.15) is 5.78 Å². The molecule has 0 aromatic carbocycles.